The van der Waals surface area contributed by atoms with E-state index >= 15 is 0 Å². The van der Waals surface area contributed by atoms with E-state index in [-0.39, 0.29) is 17.0 Å². The van der Waals surface area contributed by atoms with Crippen LogP contribution in [-0.4, -0.2) is 28.9 Å². The molecule has 3 aromatic rings. The maximum atomic E-state index is 12.5. The van der Waals surface area contributed by atoms with Crippen LogP contribution in [0.1, 0.15) is 27.0 Å². The van der Waals surface area contributed by atoms with Gasteiger partial charge in [0.15, 0.2) is 0 Å². The number of nitrogens with zero attached hydrogens (tertiary/aromatic N) is 2. The summed E-state index contributed by atoms with van der Waals surface area (Å²) < 4.78 is 5.30. The van der Waals surface area contributed by atoms with Crippen LogP contribution >= 0.6 is 0 Å². The molecule has 10 nitrogen and oxygen atoms in total. The normalized spacial score (nSPS) is 10.5. The lowest BCUT2D eigenvalue weighted by Crippen LogP contribution is -2.32. The fourth-order valence-corrected chi connectivity index (χ4v) is 3.09. The summed E-state index contributed by atoms with van der Waals surface area (Å²) in [6.07, 6.45) is 1.18. The second-order valence-electron chi connectivity index (χ2n) is 7.23. The van der Waals surface area contributed by atoms with Gasteiger partial charge in [0, 0.05) is 17.3 Å². The molecule has 0 saturated carbocycles. The lowest BCUT2D eigenvalue weighted by Gasteiger charge is -2.08. The van der Waals surface area contributed by atoms with E-state index in [1.54, 1.807) is 30.3 Å². The van der Waals surface area contributed by atoms with Crippen molar-refractivity contribution in [2.24, 2.45) is 5.10 Å². The van der Waals surface area contributed by atoms with Gasteiger partial charge in [-0.3, -0.25) is 19.7 Å². The number of carbonyl (C=O) groups is 3. The molecule has 172 valence electrons. The van der Waals surface area contributed by atoms with E-state index in [9.17, 15) is 24.5 Å². The number of benzene rings is 3. The second kappa shape index (κ2) is 10.6. The predicted molar refractivity (Wildman–Crippen MR) is 125 cm³/mol. The van der Waals surface area contributed by atoms with Gasteiger partial charge < -0.3 is 10.1 Å². The largest absolute Gasteiger partial charge is 0.422 e. The number of para-hydroxylation sites is 2. The smallest absolute Gasteiger partial charge is 0.350 e. The monoisotopic (exact) mass is 460 g/mol. The first-order valence-corrected chi connectivity index (χ1v) is 10.0. The van der Waals surface area contributed by atoms with E-state index in [1.165, 1.54) is 36.5 Å². The Balaban J connectivity index is 1.67. The van der Waals surface area contributed by atoms with Crippen LogP contribution in [0.3, 0.4) is 0 Å². The van der Waals surface area contributed by atoms with Crippen molar-refractivity contribution in [3.05, 3.63) is 99.1 Å². The summed E-state index contributed by atoms with van der Waals surface area (Å²) in [5, 5.41) is 17.4. The molecule has 0 aromatic heterocycles. The molecule has 0 saturated heterocycles. The highest BCUT2D eigenvalue weighted by Crippen LogP contribution is 2.22. The minimum absolute atomic E-state index is 0.0586. The molecule has 0 aliphatic heterocycles. The lowest BCUT2D eigenvalue weighted by molar-refractivity contribution is -0.385. The van der Waals surface area contributed by atoms with E-state index in [0.717, 1.165) is 11.1 Å². The van der Waals surface area contributed by atoms with Crippen LogP contribution in [0, 0.1) is 24.0 Å². The SMILES string of the molecule is Cc1cc(C)cc(NC(=O)C(=O)N/N=C/c2ccccc2OC(=O)c2ccccc2[N+](=O)[O-])c1. The van der Waals surface area contributed by atoms with Gasteiger partial charge in [-0.05, 0) is 55.3 Å². The number of nitrogens with one attached hydrogen (secondary N) is 2. The number of anilines is 1. The van der Waals surface area contributed by atoms with Crippen molar-refractivity contribution >= 4 is 35.4 Å². The first-order valence-electron chi connectivity index (χ1n) is 10.0. The Morgan fingerprint density at radius 1 is 0.941 bits per heavy atom. The zero-order valence-electron chi connectivity index (χ0n) is 18.3. The first-order chi connectivity index (χ1) is 16.2. The molecule has 0 atom stereocenters. The zero-order valence-corrected chi connectivity index (χ0v) is 18.3. The van der Waals surface area contributed by atoms with Crippen LogP contribution in [0.4, 0.5) is 11.4 Å². The number of ether oxygens (including phenoxy) is 1. The number of hydrazone groups is 1. The maximum absolute atomic E-state index is 12.5. The lowest BCUT2D eigenvalue weighted by atomic mass is 10.1. The number of nitro groups is 1. The standard InChI is InChI=1S/C24H20N4O6/c1-15-11-16(2)13-18(12-15)26-22(29)23(30)27-25-14-17-7-3-6-10-21(17)34-24(31)19-8-4-5-9-20(19)28(32)33/h3-14H,1-2H3,(H,26,29)(H,27,30)/b25-14+. The molecule has 10 heteroatoms. The van der Waals surface area contributed by atoms with Crippen LogP contribution < -0.4 is 15.5 Å². The Morgan fingerprint density at radius 3 is 2.29 bits per heavy atom. The molecule has 0 bridgehead atoms. The van der Waals surface area contributed by atoms with E-state index < -0.39 is 22.7 Å². The Morgan fingerprint density at radius 2 is 1.59 bits per heavy atom. The van der Waals surface area contributed by atoms with Crippen molar-refractivity contribution in [1.29, 1.82) is 0 Å². The fraction of sp³-hybridized carbons (Fsp3) is 0.0833. The topological polar surface area (TPSA) is 140 Å². The molecule has 0 aliphatic rings. The second-order valence-corrected chi connectivity index (χ2v) is 7.23. The van der Waals surface area contributed by atoms with Gasteiger partial charge in [0.05, 0.1) is 11.1 Å². The number of hydrogen-bond acceptors (Lipinski definition) is 7. The molecule has 3 rings (SSSR count). The molecule has 2 N–H and O–H groups in total. The molecular weight excluding hydrogens is 440 g/mol. The van der Waals surface area contributed by atoms with Crippen molar-refractivity contribution in [2.45, 2.75) is 13.8 Å². The van der Waals surface area contributed by atoms with Gasteiger partial charge in [0.2, 0.25) is 0 Å². The third-order valence-electron chi connectivity index (χ3n) is 4.50. The van der Waals surface area contributed by atoms with Crippen molar-refractivity contribution < 1.29 is 24.0 Å². The Labute approximate surface area is 194 Å². The first kappa shape index (κ1) is 23.8. The summed E-state index contributed by atoms with van der Waals surface area (Å²) in [7, 11) is 0. The molecule has 0 spiro atoms. The van der Waals surface area contributed by atoms with Gasteiger partial charge in [-0.15, -0.1) is 0 Å². The maximum Gasteiger partial charge on any atom is 0.350 e. The molecule has 0 unspecified atom stereocenters. The van der Waals surface area contributed by atoms with Gasteiger partial charge in [-0.2, -0.15) is 5.10 Å². The van der Waals surface area contributed by atoms with Gasteiger partial charge in [0.25, 0.3) is 5.69 Å². The number of carbonyl (C=O) groups excluding carboxylic acids is 3. The molecule has 0 fully saturated rings. The highest BCUT2D eigenvalue weighted by Gasteiger charge is 2.21. The minimum atomic E-state index is -0.996. The summed E-state index contributed by atoms with van der Waals surface area (Å²) in [6, 6.07) is 17.0. The third-order valence-corrected chi connectivity index (χ3v) is 4.50. The summed E-state index contributed by atoms with van der Waals surface area (Å²) in [5.41, 5.74) is 4.14. The molecule has 0 aliphatic carbocycles. The number of hydrogen-bond donors (Lipinski definition) is 2. The van der Waals surface area contributed by atoms with Crippen LogP contribution in [-0.2, 0) is 9.59 Å². The van der Waals surface area contributed by atoms with Crippen molar-refractivity contribution in [2.75, 3.05) is 5.32 Å². The number of rotatable bonds is 6. The van der Waals surface area contributed by atoms with E-state index in [0.29, 0.717) is 11.3 Å². The van der Waals surface area contributed by atoms with Crippen LogP contribution in [0.5, 0.6) is 5.75 Å². The van der Waals surface area contributed by atoms with Crippen LogP contribution in [0.2, 0.25) is 0 Å². The van der Waals surface area contributed by atoms with E-state index in [1.807, 2.05) is 19.9 Å². The van der Waals surface area contributed by atoms with E-state index in [4.69, 9.17) is 4.74 Å². The summed E-state index contributed by atoms with van der Waals surface area (Å²) >= 11 is 0. The van der Waals surface area contributed by atoms with Gasteiger partial charge in [0.1, 0.15) is 11.3 Å². The molecular formula is C24H20N4O6. The van der Waals surface area contributed by atoms with Crippen molar-refractivity contribution in [1.82, 2.24) is 5.43 Å². The third kappa shape index (κ3) is 6.10. The Hall–Kier alpha value is -4.86. The van der Waals surface area contributed by atoms with Gasteiger partial charge in [-0.25, -0.2) is 10.2 Å². The number of amides is 2. The number of esters is 1. The number of nitro benzene ring substituents is 1. The molecule has 0 heterocycles. The van der Waals surface area contributed by atoms with Gasteiger partial charge >= 0.3 is 17.8 Å². The number of aryl methyl sites for hydroxylation is 2. The Kier molecular flexibility index (Phi) is 7.45. The molecule has 34 heavy (non-hydrogen) atoms. The van der Waals surface area contributed by atoms with Crippen molar-refractivity contribution in [3.63, 3.8) is 0 Å². The predicted octanol–water partition coefficient (Wildman–Crippen LogP) is 3.52. The zero-order chi connectivity index (χ0) is 24.7. The summed E-state index contributed by atoms with van der Waals surface area (Å²) in [5.74, 6) is -2.77. The summed E-state index contributed by atoms with van der Waals surface area (Å²) in [4.78, 5) is 47.2. The van der Waals surface area contributed by atoms with Gasteiger partial charge in [-0.1, -0.05) is 30.3 Å². The Bertz CT molecular complexity index is 1280. The van der Waals surface area contributed by atoms with E-state index in [2.05, 4.69) is 15.8 Å². The van der Waals surface area contributed by atoms with Crippen LogP contribution in [0.15, 0.2) is 71.8 Å². The average Bonchev–Trinajstić information content (AvgIpc) is 2.79. The minimum Gasteiger partial charge on any atom is -0.422 e. The molecule has 2 amide bonds. The fourth-order valence-electron chi connectivity index (χ4n) is 3.09. The molecule has 0 radical (unpaired) electrons. The summed E-state index contributed by atoms with van der Waals surface area (Å²) in [6.45, 7) is 3.74. The molecule has 3 aromatic carbocycles. The quantitative estimate of drug-likeness (QED) is 0.144. The highest BCUT2D eigenvalue weighted by atomic mass is 16.6. The highest BCUT2D eigenvalue weighted by molar-refractivity contribution is 6.39. The average molecular weight is 460 g/mol. The van der Waals surface area contributed by atoms with Crippen LogP contribution in [0.25, 0.3) is 0 Å². The van der Waals surface area contributed by atoms with Crippen molar-refractivity contribution in [3.8, 4) is 5.75 Å².